The van der Waals surface area contributed by atoms with Crippen molar-refractivity contribution in [2.45, 2.75) is 38.2 Å². The molecule has 4 atom stereocenters. The van der Waals surface area contributed by atoms with Gasteiger partial charge in [-0.1, -0.05) is 0 Å². The van der Waals surface area contributed by atoms with Gasteiger partial charge in [-0.15, -0.1) is 0 Å². The van der Waals surface area contributed by atoms with E-state index >= 15 is 0 Å². The first-order valence-corrected chi connectivity index (χ1v) is 8.84. The number of benzene rings is 1. The van der Waals surface area contributed by atoms with Crippen molar-refractivity contribution in [2.75, 3.05) is 25.1 Å². The molecule has 9 nitrogen and oxygen atoms in total. The SMILES string of the molecule is CCNC(=O)N[C@@H]1CO[C@@H]2[C@@H]1OC[C@H]2OC(=O)Nc1ccc(C(C)=O)cc1. The van der Waals surface area contributed by atoms with Gasteiger partial charge in [0.2, 0.25) is 0 Å². The number of carbonyl (C=O) groups is 3. The number of amides is 3. The van der Waals surface area contributed by atoms with Crippen LogP contribution in [0.4, 0.5) is 15.3 Å². The first kappa shape index (κ1) is 19.1. The Bertz CT molecular complexity index is 708. The minimum atomic E-state index is -0.636. The average molecular weight is 377 g/mol. The van der Waals surface area contributed by atoms with E-state index in [0.29, 0.717) is 24.4 Å². The Morgan fingerprint density at radius 3 is 2.48 bits per heavy atom. The molecule has 0 spiro atoms. The van der Waals surface area contributed by atoms with Crippen LogP contribution in [0.15, 0.2) is 24.3 Å². The number of anilines is 1. The smallest absolute Gasteiger partial charge is 0.412 e. The molecule has 1 aromatic rings. The second-order valence-corrected chi connectivity index (χ2v) is 6.41. The Labute approximate surface area is 156 Å². The zero-order valence-electron chi connectivity index (χ0n) is 15.2. The number of fused-ring (bicyclic) bond motifs is 1. The van der Waals surface area contributed by atoms with E-state index in [2.05, 4.69) is 16.0 Å². The maximum Gasteiger partial charge on any atom is 0.412 e. The monoisotopic (exact) mass is 377 g/mol. The van der Waals surface area contributed by atoms with Crippen molar-refractivity contribution >= 4 is 23.6 Å². The molecule has 2 heterocycles. The summed E-state index contributed by atoms with van der Waals surface area (Å²) in [4.78, 5) is 35.1. The Morgan fingerprint density at radius 2 is 1.81 bits per heavy atom. The highest BCUT2D eigenvalue weighted by atomic mass is 16.6. The van der Waals surface area contributed by atoms with Gasteiger partial charge in [-0.25, -0.2) is 9.59 Å². The summed E-state index contributed by atoms with van der Waals surface area (Å²) in [6.45, 7) is 4.31. The Morgan fingerprint density at radius 1 is 1.11 bits per heavy atom. The van der Waals surface area contributed by atoms with Crippen LogP contribution in [0.5, 0.6) is 0 Å². The van der Waals surface area contributed by atoms with Gasteiger partial charge in [-0.3, -0.25) is 10.1 Å². The lowest BCUT2D eigenvalue weighted by Crippen LogP contribution is -2.48. The van der Waals surface area contributed by atoms with E-state index in [9.17, 15) is 14.4 Å². The van der Waals surface area contributed by atoms with Gasteiger partial charge in [0.15, 0.2) is 11.9 Å². The van der Waals surface area contributed by atoms with Gasteiger partial charge in [0.1, 0.15) is 12.2 Å². The molecule has 146 valence electrons. The van der Waals surface area contributed by atoms with Crippen LogP contribution in [0.1, 0.15) is 24.2 Å². The van der Waals surface area contributed by atoms with E-state index in [4.69, 9.17) is 14.2 Å². The summed E-state index contributed by atoms with van der Waals surface area (Å²) >= 11 is 0. The van der Waals surface area contributed by atoms with Crippen molar-refractivity contribution < 1.29 is 28.6 Å². The van der Waals surface area contributed by atoms with Crippen LogP contribution in [-0.2, 0) is 14.2 Å². The Balaban J connectivity index is 1.51. The van der Waals surface area contributed by atoms with Gasteiger partial charge in [0.05, 0.1) is 19.3 Å². The molecule has 27 heavy (non-hydrogen) atoms. The van der Waals surface area contributed by atoms with Crippen LogP contribution in [0, 0.1) is 0 Å². The summed E-state index contributed by atoms with van der Waals surface area (Å²) in [5, 5.41) is 8.06. The second-order valence-electron chi connectivity index (χ2n) is 6.41. The fourth-order valence-corrected chi connectivity index (χ4v) is 3.14. The molecule has 3 rings (SSSR count). The average Bonchev–Trinajstić information content (AvgIpc) is 3.19. The highest BCUT2D eigenvalue weighted by Crippen LogP contribution is 2.29. The van der Waals surface area contributed by atoms with E-state index in [1.807, 2.05) is 6.92 Å². The molecule has 1 aromatic carbocycles. The molecular weight excluding hydrogens is 354 g/mol. The fourth-order valence-electron chi connectivity index (χ4n) is 3.14. The van der Waals surface area contributed by atoms with E-state index in [0.717, 1.165) is 0 Å². The molecule has 0 radical (unpaired) electrons. The highest BCUT2D eigenvalue weighted by molar-refractivity contribution is 5.95. The minimum Gasteiger partial charge on any atom is -0.441 e. The third-order valence-electron chi connectivity index (χ3n) is 4.46. The van der Waals surface area contributed by atoms with Gasteiger partial charge in [0.25, 0.3) is 0 Å². The molecule has 0 aromatic heterocycles. The van der Waals surface area contributed by atoms with Crippen molar-refractivity contribution in [1.82, 2.24) is 10.6 Å². The van der Waals surface area contributed by atoms with Gasteiger partial charge in [-0.2, -0.15) is 0 Å². The van der Waals surface area contributed by atoms with E-state index in [1.165, 1.54) is 6.92 Å². The summed E-state index contributed by atoms with van der Waals surface area (Å²) in [6, 6.07) is 5.94. The summed E-state index contributed by atoms with van der Waals surface area (Å²) in [5.41, 5.74) is 1.08. The number of hydrogen-bond acceptors (Lipinski definition) is 6. The number of hydrogen-bond donors (Lipinski definition) is 3. The predicted octanol–water partition coefficient (Wildman–Crippen LogP) is 1.29. The second kappa shape index (κ2) is 8.36. The number of Topliss-reactive ketones (excluding diaryl/α,β-unsaturated/α-hetero) is 1. The van der Waals surface area contributed by atoms with Crippen LogP contribution < -0.4 is 16.0 Å². The molecule has 2 aliphatic rings. The predicted molar refractivity (Wildman–Crippen MR) is 95.8 cm³/mol. The lowest BCUT2D eigenvalue weighted by molar-refractivity contribution is 0.00872. The first-order valence-electron chi connectivity index (χ1n) is 8.84. The van der Waals surface area contributed by atoms with Gasteiger partial charge >= 0.3 is 12.1 Å². The molecule has 0 aliphatic carbocycles. The van der Waals surface area contributed by atoms with E-state index < -0.39 is 18.3 Å². The summed E-state index contributed by atoms with van der Waals surface area (Å²) in [5.74, 6) is -0.0487. The van der Waals surface area contributed by atoms with E-state index in [1.54, 1.807) is 24.3 Å². The molecule has 2 fully saturated rings. The number of urea groups is 1. The summed E-state index contributed by atoms with van der Waals surface area (Å²) < 4.78 is 16.7. The van der Waals surface area contributed by atoms with Gasteiger partial charge in [-0.05, 0) is 38.1 Å². The van der Waals surface area contributed by atoms with Gasteiger partial charge in [0, 0.05) is 17.8 Å². The summed E-state index contributed by atoms with van der Waals surface area (Å²) in [6.07, 6.45) is -1.99. The number of nitrogens with one attached hydrogen (secondary N) is 3. The zero-order chi connectivity index (χ0) is 19.4. The normalized spacial score (nSPS) is 26.1. The third kappa shape index (κ3) is 4.55. The molecule has 9 heteroatoms. The van der Waals surface area contributed by atoms with Crippen LogP contribution >= 0.6 is 0 Å². The molecule has 3 N–H and O–H groups in total. The molecular formula is C18H23N3O6. The standard InChI is InChI=1S/C18H23N3O6/c1-3-19-17(23)21-13-8-25-16-14(9-26-15(13)16)27-18(24)20-12-6-4-11(5-7-12)10(2)22/h4-7,13-16H,3,8-9H2,1-2H3,(H,20,24)(H2,19,21,23)/t13-,14-,15-,16+/m1/s1. The van der Waals surface area contributed by atoms with Crippen molar-refractivity contribution in [3.8, 4) is 0 Å². The van der Waals surface area contributed by atoms with Gasteiger partial charge < -0.3 is 24.8 Å². The minimum absolute atomic E-state index is 0.0487. The number of ketones is 1. The lowest BCUT2D eigenvalue weighted by atomic mass is 10.1. The number of rotatable bonds is 5. The largest absolute Gasteiger partial charge is 0.441 e. The molecule has 2 aliphatic heterocycles. The zero-order valence-corrected chi connectivity index (χ0v) is 15.2. The van der Waals surface area contributed by atoms with Crippen LogP contribution in [-0.4, -0.2) is 62.0 Å². The van der Waals surface area contributed by atoms with Crippen molar-refractivity contribution in [1.29, 1.82) is 0 Å². The maximum atomic E-state index is 12.1. The molecule has 0 unspecified atom stereocenters. The van der Waals surface area contributed by atoms with Crippen LogP contribution in [0.2, 0.25) is 0 Å². The molecule has 0 bridgehead atoms. The van der Waals surface area contributed by atoms with Crippen LogP contribution in [0.3, 0.4) is 0 Å². The third-order valence-corrected chi connectivity index (χ3v) is 4.46. The lowest BCUT2D eigenvalue weighted by Gasteiger charge is -2.18. The first-order chi connectivity index (χ1) is 13.0. The topological polar surface area (TPSA) is 115 Å². The highest BCUT2D eigenvalue weighted by Gasteiger charge is 2.50. The Kier molecular flexibility index (Phi) is 5.92. The summed E-state index contributed by atoms with van der Waals surface area (Å²) in [7, 11) is 0. The van der Waals surface area contributed by atoms with Crippen molar-refractivity contribution in [3.05, 3.63) is 29.8 Å². The van der Waals surface area contributed by atoms with Crippen molar-refractivity contribution in [2.24, 2.45) is 0 Å². The maximum absolute atomic E-state index is 12.1. The molecule has 0 saturated carbocycles. The van der Waals surface area contributed by atoms with Crippen LogP contribution in [0.25, 0.3) is 0 Å². The fraction of sp³-hybridized carbons (Fsp3) is 0.500. The number of carbonyl (C=O) groups excluding carboxylic acids is 3. The van der Waals surface area contributed by atoms with E-state index in [-0.39, 0.29) is 30.6 Å². The van der Waals surface area contributed by atoms with Crippen molar-refractivity contribution in [3.63, 3.8) is 0 Å². The molecule has 2 saturated heterocycles. The quantitative estimate of drug-likeness (QED) is 0.666. The Hall–Kier alpha value is -2.65. The number of ether oxygens (including phenoxy) is 3. The molecule has 3 amide bonds.